The van der Waals surface area contributed by atoms with Gasteiger partial charge in [0.15, 0.2) is 17.0 Å². The fourth-order valence-corrected chi connectivity index (χ4v) is 9.64. The number of carbonyl (C=O) groups is 5. The lowest BCUT2D eigenvalue weighted by molar-refractivity contribution is -0.136. The molecule has 0 spiro atoms. The summed E-state index contributed by atoms with van der Waals surface area (Å²) in [5.74, 6) is -0.908. The van der Waals surface area contributed by atoms with Gasteiger partial charge in [0, 0.05) is 81.4 Å². The molecule has 0 radical (unpaired) electrons. The summed E-state index contributed by atoms with van der Waals surface area (Å²) in [5, 5.41) is 8.81. The average molecular weight is 837 g/mol. The molecule has 4 fully saturated rings. The van der Waals surface area contributed by atoms with Crippen molar-refractivity contribution in [3.63, 3.8) is 0 Å². The highest BCUT2D eigenvalue weighted by molar-refractivity contribution is 6.25. The predicted molar refractivity (Wildman–Crippen MR) is 230 cm³/mol. The Bertz CT molecular complexity index is 2570. The third-order valence-corrected chi connectivity index (χ3v) is 13.1. The zero-order valence-electron chi connectivity index (χ0n) is 34.5. The number of piperazine rings is 1. The van der Waals surface area contributed by atoms with Crippen molar-refractivity contribution in [1.29, 1.82) is 0 Å². The molecule has 1 unspecified atom stereocenters. The van der Waals surface area contributed by atoms with Gasteiger partial charge in [-0.05, 0) is 93.5 Å². The second kappa shape index (κ2) is 16.3. The Balaban J connectivity index is 0.692. The molecule has 3 N–H and O–H groups in total. The number of aromatic nitrogens is 5. The maximum Gasteiger partial charge on any atom is 0.270 e. The van der Waals surface area contributed by atoms with Crippen LogP contribution in [0.15, 0.2) is 73.3 Å². The van der Waals surface area contributed by atoms with Crippen LogP contribution in [-0.4, -0.2) is 122 Å². The number of pyridine rings is 1. The van der Waals surface area contributed by atoms with Gasteiger partial charge >= 0.3 is 0 Å². The largest absolute Gasteiger partial charge is 0.371 e. The van der Waals surface area contributed by atoms with E-state index in [4.69, 9.17) is 0 Å². The van der Waals surface area contributed by atoms with E-state index in [-0.39, 0.29) is 36.7 Å². The highest BCUT2D eigenvalue weighted by Gasteiger charge is 2.46. The topological polar surface area (TPSA) is 191 Å². The number of hydrogen-bond acceptors (Lipinski definition) is 13. The van der Waals surface area contributed by atoms with Gasteiger partial charge in [-0.15, -0.1) is 0 Å². The molecule has 5 amide bonds. The van der Waals surface area contributed by atoms with Crippen molar-refractivity contribution in [2.24, 2.45) is 5.92 Å². The molecule has 3 aromatic heterocycles. The lowest BCUT2D eigenvalue weighted by Crippen LogP contribution is -2.54. The quantitative estimate of drug-likeness (QED) is 0.172. The number of piperidine rings is 2. The maximum absolute atomic E-state index is 13.7. The molecule has 62 heavy (non-hydrogen) atoms. The number of amides is 5. The molecular weight excluding hydrogens is 789 g/mol. The predicted octanol–water partition coefficient (Wildman–Crippen LogP) is 3.85. The molecule has 3 saturated heterocycles. The number of benzene rings is 2. The summed E-state index contributed by atoms with van der Waals surface area (Å²) in [6.45, 7) is 8.25. The second-order valence-electron chi connectivity index (χ2n) is 17.0. The fraction of sp³-hybridized carbons (Fsp3) is 0.400. The SMILES string of the molecule is Cc1cccc(C(=O)NC2CC(n3cnc4c(Nc5ccc(N6CCN(CC7CCN(c8cccc9c8C(=O)N(C8CCC(=O)NC8=O)C9=O)CC7)CC6)cc5)ncnc43)C2)n1. The van der Waals surface area contributed by atoms with Crippen molar-refractivity contribution in [1.82, 2.24) is 44.9 Å². The van der Waals surface area contributed by atoms with E-state index in [1.807, 2.05) is 31.5 Å². The summed E-state index contributed by atoms with van der Waals surface area (Å²) >= 11 is 0. The van der Waals surface area contributed by atoms with Crippen LogP contribution in [0.1, 0.15) is 81.5 Å². The molecule has 0 bridgehead atoms. The van der Waals surface area contributed by atoms with Gasteiger partial charge in [0.2, 0.25) is 11.8 Å². The number of hydrogen-bond donors (Lipinski definition) is 3. The summed E-state index contributed by atoms with van der Waals surface area (Å²) in [6.07, 6.45) is 7.12. The van der Waals surface area contributed by atoms with E-state index in [2.05, 4.69) is 79.4 Å². The number of carbonyl (C=O) groups excluding carboxylic acids is 5. The Kier molecular flexibility index (Phi) is 10.3. The summed E-state index contributed by atoms with van der Waals surface area (Å²) in [6, 6.07) is 18.5. The summed E-state index contributed by atoms with van der Waals surface area (Å²) < 4.78 is 2.07. The second-order valence-corrected chi connectivity index (χ2v) is 17.0. The average Bonchev–Trinajstić information content (AvgIpc) is 3.81. The molecule has 10 rings (SSSR count). The molecule has 2 aromatic carbocycles. The third kappa shape index (κ3) is 7.50. The third-order valence-electron chi connectivity index (χ3n) is 13.1. The summed E-state index contributed by atoms with van der Waals surface area (Å²) in [7, 11) is 0. The van der Waals surface area contributed by atoms with Crippen LogP contribution >= 0.6 is 0 Å². The number of nitrogens with one attached hydrogen (secondary N) is 3. The number of fused-ring (bicyclic) bond motifs is 2. The van der Waals surface area contributed by atoms with E-state index in [0.29, 0.717) is 34.1 Å². The van der Waals surface area contributed by atoms with Crippen LogP contribution in [0.5, 0.6) is 0 Å². The van der Waals surface area contributed by atoms with Gasteiger partial charge in [-0.3, -0.25) is 39.1 Å². The van der Waals surface area contributed by atoms with Crippen LogP contribution in [0.3, 0.4) is 0 Å². The van der Waals surface area contributed by atoms with Crippen molar-refractivity contribution in [3.8, 4) is 0 Å². The molecule has 5 aromatic rings. The number of imide groups is 2. The molecule has 17 nitrogen and oxygen atoms in total. The number of rotatable bonds is 10. The van der Waals surface area contributed by atoms with Gasteiger partial charge in [-0.2, -0.15) is 0 Å². The highest BCUT2D eigenvalue weighted by Crippen LogP contribution is 2.37. The van der Waals surface area contributed by atoms with Crippen molar-refractivity contribution >= 4 is 63.6 Å². The molecule has 1 atom stereocenters. The van der Waals surface area contributed by atoms with Crippen LogP contribution in [0, 0.1) is 12.8 Å². The Morgan fingerprint density at radius 3 is 2.35 bits per heavy atom. The van der Waals surface area contributed by atoms with Crippen LogP contribution in [-0.2, 0) is 9.59 Å². The number of aryl methyl sites for hydroxylation is 1. The van der Waals surface area contributed by atoms with Crippen molar-refractivity contribution in [2.75, 3.05) is 60.9 Å². The Hall–Kier alpha value is -6.75. The van der Waals surface area contributed by atoms with Crippen LogP contribution in [0.2, 0.25) is 0 Å². The Labute approximate surface area is 357 Å². The monoisotopic (exact) mass is 836 g/mol. The van der Waals surface area contributed by atoms with Crippen LogP contribution in [0.4, 0.5) is 22.9 Å². The Morgan fingerprint density at radius 2 is 1.60 bits per heavy atom. The van der Waals surface area contributed by atoms with Gasteiger partial charge in [0.1, 0.15) is 18.1 Å². The number of anilines is 4. The summed E-state index contributed by atoms with van der Waals surface area (Å²) in [4.78, 5) is 90.3. The zero-order chi connectivity index (χ0) is 42.5. The summed E-state index contributed by atoms with van der Waals surface area (Å²) in [5.41, 5.74) is 6.20. The molecule has 5 aliphatic rings. The van der Waals surface area contributed by atoms with Gasteiger partial charge in [-0.25, -0.2) is 19.9 Å². The van der Waals surface area contributed by atoms with Gasteiger partial charge in [0.05, 0.1) is 23.1 Å². The normalized spacial score (nSPS) is 22.1. The van der Waals surface area contributed by atoms with E-state index in [0.717, 1.165) is 99.1 Å². The first-order chi connectivity index (χ1) is 30.2. The van der Waals surface area contributed by atoms with Gasteiger partial charge < -0.3 is 25.0 Å². The first kappa shape index (κ1) is 39.4. The first-order valence-electron chi connectivity index (χ1n) is 21.5. The number of nitrogens with zero attached hydrogens (tertiary/aromatic N) is 9. The van der Waals surface area contributed by atoms with Crippen molar-refractivity contribution < 1.29 is 24.0 Å². The fourth-order valence-electron chi connectivity index (χ4n) is 9.64. The minimum Gasteiger partial charge on any atom is -0.371 e. The van der Waals surface area contributed by atoms with Gasteiger partial charge in [0.25, 0.3) is 17.7 Å². The number of imidazole rings is 1. The van der Waals surface area contributed by atoms with Gasteiger partial charge in [-0.1, -0.05) is 12.1 Å². The van der Waals surface area contributed by atoms with E-state index in [1.54, 1.807) is 24.5 Å². The molecule has 7 heterocycles. The standard InChI is InChI=1S/C45H48N12O5/c1-27-4-2-6-34(49-27)42(59)51-30-22-32(23-30)56-26-48-39-40(46-25-47-41(39)56)50-29-8-10-31(11-9-29)54-20-18-53(19-21-54)24-28-14-16-55(17-15-28)35-7-3-5-33-38(35)45(62)57(44(33)61)36-12-13-37(58)52-43(36)60/h2-11,25-26,28,30,32,36H,12-24H2,1H3,(H,51,59)(H,46,47,50)(H,52,58,60). The van der Waals surface area contributed by atoms with Crippen LogP contribution in [0.25, 0.3) is 11.2 Å². The molecule has 318 valence electrons. The minimum atomic E-state index is -0.977. The smallest absolute Gasteiger partial charge is 0.270 e. The lowest BCUT2D eigenvalue weighted by atomic mass is 9.86. The van der Waals surface area contributed by atoms with E-state index < -0.39 is 23.8 Å². The molecule has 1 aliphatic carbocycles. The lowest BCUT2D eigenvalue weighted by Gasteiger charge is -2.40. The molecular formula is C45H48N12O5. The minimum absolute atomic E-state index is 0.0641. The maximum atomic E-state index is 13.7. The zero-order valence-corrected chi connectivity index (χ0v) is 34.5. The molecule has 4 aliphatic heterocycles. The van der Waals surface area contributed by atoms with Crippen molar-refractivity contribution in [2.45, 2.75) is 63.6 Å². The van der Waals surface area contributed by atoms with E-state index in [9.17, 15) is 24.0 Å². The molecule has 1 saturated carbocycles. The Morgan fingerprint density at radius 1 is 0.823 bits per heavy atom. The van der Waals surface area contributed by atoms with Crippen molar-refractivity contribution in [3.05, 3.63) is 95.8 Å². The first-order valence-corrected chi connectivity index (χ1v) is 21.5. The van der Waals surface area contributed by atoms with E-state index >= 15 is 0 Å². The van der Waals surface area contributed by atoms with E-state index in [1.165, 1.54) is 5.69 Å². The van der Waals surface area contributed by atoms with Crippen LogP contribution < -0.4 is 25.8 Å². The molecule has 17 heteroatoms. The highest BCUT2D eigenvalue weighted by atomic mass is 16.2.